The van der Waals surface area contributed by atoms with Crippen LogP contribution < -0.4 is 4.90 Å². The zero-order valence-corrected chi connectivity index (χ0v) is 9.76. The zero-order valence-electron chi connectivity index (χ0n) is 9.76. The molecule has 0 saturated carbocycles. The number of anilines is 1. The van der Waals surface area contributed by atoms with E-state index in [9.17, 15) is 4.79 Å². The Morgan fingerprint density at radius 3 is 2.76 bits per heavy atom. The summed E-state index contributed by atoms with van der Waals surface area (Å²) in [5.74, 6) is 0.103. The van der Waals surface area contributed by atoms with Crippen LogP contribution in [0.4, 0.5) is 5.69 Å². The van der Waals surface area contributed by atoms with E-state index >= 15 is 0 Å². The summed E-state index contributed by atoms with van der Waals surface area (Å²) in [6, 6.07) is 9.64. The van der Waals surface area contributed by atoms with Crippen LogP contribution in [0.2, 0.25) is 0 Å². The van der Waals surface area contributed by atoms with Crippen molar-refractivity contribution in [3.63, 3.8) is 0 Å². The van der Waals surface area contributed by atoms with Crippen molar-refractivity contribution in [2.45, 2.75) is 12.8 Å². The molecule has 1 N–H and O–H groups in total. The van der Waals surface area contributed by atoms with E-state index in [1.807, 2.05) is 30.3 Å². The standard InChI is InChI=1S/C13H15N3O/c1-16(12-5-3-2-4-6-12)13(17)8-7-11-9-14-10-15-11/h2-6,9-10H,7-8H2,1H3,(H,14,15). The van der Waals surface area contributed by atoms with E-state index in [1.165, 1.54) is 0 Å². The number of amides is 1. The maximum absolute atomic E-state index is 11.9. The summed E-state index contributed by atoms with van der Waals surface area (Å²) in [5.41, 5.74) is 1.90. The second-order valence-corrected chi connectivity index (χ2v) is 3.87. The van der Waals surface area contributed by atoms with Crippen molar-refractivity contribution < 1.29 is 4.79 Å². The molecule has 0 unspecified atom stereocenters. The van der Waals surface area contributed by atoms with Gasteiger partial charge in [0.2, 0.25) is 5.91 Å². The third kappa shape index (κ3) is 2.93. The van der Waals surface area contributed by atoms with Crippen LogP contribution in [0.15, 0.2) is 42.9 Å². The molecule has 1 aromatic carbocycles. The third-order valence-corrected chi connectivity index (χ3v) is 2.68. The average Bonchev–Trinajstić information content (AvgIpc) is 2.89. The molecular formula is C13H15N3O. The van der Waals surface area contributed by atoms with E-state index < -0.39 is 0 Å². The minimum Gasteiger partial charge on any atom is -0.348 e. The Labute approximate surface area is 100 Å². The van der Waals surface area contributed by atoms with Crippen LogP contribution in [0.25, 0.3) is 0 Å². The highest BCUT2D eigenvalue weighted by Crippen LogP contribution is 2.12. The summed E-state index contributed by atoms with van der Waals surface area (Å²) in [6.45, 7) is 0. The highest BCUT2D eigenvalue weighted by atomic mass is 16.2. The van der Waals surface area contributed by atoms with E-state index in [2.05, 4.69) is 9.97 Å². The van der Waals surface area contributed by atoms with Crippen LogP contribution in [-0.2, 0) is 11.2 Å². The number of rotatable bonds is 4. The number of hydrogen-bond donors (Lipinski definition) is 1. The van der Waals surface area contributed by atoms with Gasteiger partial charge in [-0.2, -0.15) is 0 Å². The second-order valence-electron chi connectivity index (χ2n) is 3.87. The summed E-state index contributed by atoms with van der Waals surface area (Å²) in [5, 5.41) is 0. The van der Waals surface area contributed by atoms with Gasteiger partial charge in [-0.25, -0.2) is 4.98 Å². The zero-order chi connectivity index (χ0) is 12.1. The maximum atomic E-state index is 11.9. The summed E-state index contributed by atoms with van der Waals surface area (Å²) < 4.78 is 0. The molecule has 0 saturated heterocycles. The molecule has 0 bridgehead atoms. The number of benzene rings is 1. The predicted octanol–water partition coefficient (Wildman–Crippen LogP) is 2.01. The van der Waals surface area contributed by atoms with Crippen LogP contribution >= 0.6 is 0 Å². The Hall–Kier alpha value is -2.10. The number of nitrogens with zero attached hydrogens (tertiary/aromatic N) is 2. The molecule has 1 aromatic heterocycles. The van der Waals surface area contributed by atoms with Gasteiger partial charge in [-0.15, -0.1) is 0 Å². The normalized spacial score (nSPS) is 10.2. The molecule has 17 heavy (non-hydrogen) atoms. The number of aryl methyl sites for hydroxylation is 1. The number of hydrogen-bond acceptors (Lipinski definition) is 2. The van der Waals surface area contributed by atoms with Gasteiger partial charge >= 0.3 is 0 Å². The van der Waals surface area contributed by atoms with Crippen molar-refractivity contribution >= 4 is 11.6 Å². The van der Waals surface area contributed by atoms with Gasteiger partial charge in [0.05, 0.1) is 6.33 Å². The topological polar surface area (TPSA) is 49.0 Å². The van der Waals surface area contributed by atoms with Crippen molar-refractivity contribution in [3.8, 4) is 0 Å². The number of imidazole rings is 1. The van der Waals surface area contributed by atoms with Gasteiger partial charge in [-0.1, -0.05) is 18.2 Å². The molecule has 0 aliphatic heterocycles. The van der Waals surface area contributed by atoms with Gasteiger partial charge in [-0.3, -0.25) is 4.79 Å². The molecule has 2 rings (SSSR count). The van der Waals surface area contributed by atoms with Crippen molar-refractivity contribution in [1.29, 1.82) is 0 Å². The number of H-pyrrole nitrogens is 1. The van der Waals surface area contributed by atoms with Crippen LogP contribution in [0, 0.1) is 0 Å². The first-order valence-electron chi connectivity index (χ1n) is 5.56. The van der Waals surface area contributed by atoms with E-state index in [4.69, 9.17) is 0 Å². The fourth-order valence-electron chi connectivity index (χ4n) is 1.63. The van der Waals surface area contributed by atoms with Gasteiger partial charge in [0.15, 0.2) is 0 Å². The first-order chi connectivity index (χ1) is 8.27. The molecule has 2 aromatic rings. The molecule has 0 radical (unpaired) electrons. The molecule has 4 nitrogen and oxygen atoms in total. The minimum atomic E-state index is 0.103. The fraction of sp³-hybridized carbons (Fsp3) is 0.231. The lowest BCUT2D eigenvalue weighted by Gasteiger charge is -2.16. The third-order valence-electron chi connectivity index (χ3n) is 2.68. The van der Waals surface area contributed by atoms with Crippen LogP contribution in [0.5, 0.6) is 0 Å². The van der Waals surface area contributed by atoms with Crippen LogP contribution in [0.3, 0.4) is 0 Å². The Bertz CT molecular complexity index is 465. The number of aromatic amines is 1. The Kier molecular flexibility index (Phi) is 3.55. The Balaban J connectivity index is 1.92. The number of para-hydroxylation sites is 1. The molecule has 0 spiro atoms. The van der Waals surface area contributed by atoms with E-state index in [-0.39, 0.29) is 5.91 Å². The molecule has 0 aliphatic carbocycles. The van der Waals surface area contributed by atoms with Gasteiger partial charge in [0, 0.05) is 31.0 Å². The summed E-state index contributed by atoms with van der Waals surface area (Å²) in [7, 11) is 1.80. The molecule has 88 valence electrons. The van der Waals surface area contributed by atoms with E-state index in [1.54, 1.807) is 24.5 Å². The predicted molar refractivity (Wildman–Crippen MR) is 66.8 cm³/mol. The van der Waals surface area contributed by atoms with Gasteiger partial charge in [0.1, 0.15) is 0 Å². The van der Waals surface area contributed by atoms with Crippen molar-refractivity contribution in [3.05, 3.63) is 48.5 Å². The number of aromatic nitrogens is 2. The molecule has 0 atom stereocenters. The van der Waals surface area contributed by atoms with Gasteiger partial charge in [0.25, 0.3) is 0 Å². The van der Waals surface area contributed by atoms with Crippen LogP contribution in [-0.4, -0.2) is 22.9 Å². The molecular weight excluding hydrogens is 214 g/mol. The number of carbonyl (C=O) groups excluding carboxylic acids is 1. The van der Waals surface area contributed by atoms with E-state index in [0.29, 0.717) is 12.8 Å². The quantitative estimate of drug-likeness (QED) is 0.871. The highest BCUT2D eigenvalue weighted by molar-refractivity contribution is 5.92. The Morgan fingerprint density at radius 2 is 2.12 bits per heavy atom. The molecule has 0 fully saturated rings. The van der Waals surface area contributed by atoms with Crippen LogP contribution in [0.1, 0.15) is 12.1 Å². The molecule has 1 amide bonds. The SMILES string of the molecule is CN(C(=O)CCc1cnc[nH]1)c1ccccc1. The first-order valence-corrected chi connectivity index (χ1v) is 5.56. The number of nitrogens with one attached hydrogen (secondary N) is 1. The smallest absolute Gasteiger partial charge is 0.227 e. The van der Waals surface area contributed by atoms with Crippen molar-refractivity contribution in [2.24, 2.45) is 0 Å². The number of carbonyl (C=O) groups is 1. The van der Waals surface area contributed by atoms with E-state index in [0.717, 1.165) is 11.4 Å². The minimum absolute atomic E-state index is 0.103. The Morgan fingerprint density at radius 1 is 1.35 bits per heavy atom. The van der Waals surface area contributed by atoms with Gasteiger partial charge < -0.3 is 9.88 Å². The second kappa shape index (κ2) is 5.30. The van der Waals surface area contributed by atoms with Gasteiger partial charge in [-0.05, 0) is 18.6 Å². The molecule has 0 aliphatic rings. The average molecular weight is 229 g/mol. The molecule has 1 heterocycles. The maximum Gasteiger partial charge on any atom is 0.227 e. The monoisotopic (exact) mass is 229 g/mol. The lowest BCUT2D eigenvalue weighted by molar-refractivity contribution is -0.118. The summed E-state index contributed by atoms with van der Waals surface area (Å²) in [4.78, 5) is 20.5. The highest BCUT2D eigenvalue weighted by Gasteiger charge is 2.10. The molecule has 4 heteroatoms. The van der Waals surface area contributed by atoms with Crippen molar-refractivity contribution in [2.75, 3.05) is 11.9 Å². The first kappa shape index (κ1) is 11.4. The fourth-order valence-corrected chi connectivity index (χ4v) is 1.63. The lowest BCUT2D eigenvalue weighted by Crippen LogP contribution is -2.26. The largest absolute Gasteiger partial charge is 0.348 e. The summed E-state index contributed by atoms with van der Waals surface area (Å²) >= 11 is 0. The lowest BCUT2D eigenvalue weighted by atomic mass is 10.2. The summed E-state index contributed by atoms with van der Waals surface area (Å²) in [6.07, 6.45) is 4.54. The van der Waals surface area contributed by atoms with Crippen molar-refractivity contribution in [1.82, 2.24) is 9.97 Å².